The van der Waals surface area contributed by atoms with Gasteiger partial charge in [0, 0.05) is 10.1 Å². The predicted molar refractivity (Wildman–Crippen MR) is 73.0 cm³/mol. The van der Waals surface area contributed by atoms with Gasteiger partial charge in [-0.3, -0.25) is 4.79 Å². The number of halogens is 1. The molecule has 0 fully saturated rings. The number of amides is 1. The molecule has 1 aromatic rings. The summed E-state index contributed by atoms with van der Waals surface area (Å²) < 4.78 is 13.5. The summed E-state index contributed by atoms with van der Waals surface area (Å²) in [5, 5.41) is 3.00. The second-order valence-corrected chi connectivity index (χ2v) is 5.99. The summed E-state index contributed by atoms with van der Waals surface area (Å²) in [7, 11) is 1.70. The van der Waals surface area contributed by atoms with Crippen molar-refractivity contribution in [2.75, 3.05) is 7.05 Å². The van der Waals surface area contributed by atoms with Crippen LogP contribution in [-0.4, -0.2) is 23.7 Å². The van der Waals surface area contributed by atoms with Crippen LogP contribution in [0.1, 0.15) is 20.3 Å². The zero-order valence-electron chi connectivity index (χ0n) is 10.9. The molecule has 100 valence electrons. The summed E-state index contributed by atoms with van der Waals surface area (Å²) in [6, 6.07) is 6.62. The van der Waals surface area contributed by atoms with E-state index in [4.69, 9.17) is 5.73 Å². The van der Waals surface area contributed by atoms with Crippen molar-refractivity contribution in [3.63, 3.8) is 0 Å². The molecule has 0 spiro atoms. The second-order valence-electron chi connectivity index (χ2n) is 4.51. The second kappa shape index (κ2) is 6.20. The van der Waals surface area contributed by atoms with Crippen LogP contribution >= 0.6 is 11.8 Å². The number of rotatable bonds is 6. The summed E-state index contributed by atoms with van der Waals surface area (Å²) in [5.41, 5.74) is 4.60. The molecule has 1 rings (SSSR count). The molecule has 1 aromatic carbocycles. The van der Waals surface area contributed by atoms with E-state index in [1.54, 1.807) is 32.2 Å². The van der Waals surface area contributed by atoms with Crippen LogP contribution in [-0.2, 0) is 4.79 Å². The highest BCUT2D eigenvalue weighted by Gasteiger charge is 2.31. The number of likely N-dealkylation sites (N-methyl/N-ethyl adjacent to an activating group) is 1. The number of nitrogens with one attached hydrogen (secondary N) is 1. The standard InChI is InChI=1S/C13H19FN2OS/c1-9(8-13(2,16-3)12(15)17)18-11-7-5-4-6-10(11)14/h4-7,9,16H,8H2,1-3H3,(H2,15,17). The minimum Gasteiger partial charge on any atom is -0.368 e. The lowest BCUT2D eigenvalue weighted by Gasteiger charge is -2.28. The van der Waals surface area contributed by atoms with Gasteiger partial charge in [-0.2, -0.15) is 0 Å². The highest BCUT2D eigenvalue weighted by molar-refractivity contribution is 8.00. The Bertz CT molecular complexity index is 427. The molecule has 3 N–H and O–H groups in total. The molecule has 0 aromatic heterocycles. The lowest BCUT2D eigenvalue weighted by atomic mass is 9.95. The third kappa shape index (κ3) is 3.71. The summed E-state index contributed by atoms with van der Waals surface area (Å²) in [6.07, 6.45) is 0.540. The number of carbonyl (C=O) groups is 1. The Balaban J connectivity index is 2.70. The summed E-state index contributed by atoms with van der Waals surface area (Å²) in [6.45, 7) is 3.71. The molecule has 3 nitrogen and oxygen atoms in total. The predicted octanol–water partition coefficient (Wildman–Crippen LogP) is 2.16. The first kappa shape index (κ1) is 15.0. The molecule has 0 aliphatic heterocycles. The third-order valence-corrected chi connectivity index (χ3v) is 4.11. The van der Waals surface area contributed by atoms with Gasteiger partial charge in [-0.15, -0.1) is 11.8 Å². The van der Waals surface area contributed by atoms with Gasteiger partial charge in [0.1, 0.15) is 5.82 Å². The van der Waals surface area contributed by atoms with E-state index in [9.17, 15) is 9.18 Å². The molecular formula is C13H19FN2OS. The van der Waals surface area contributed by atoms with E-state index >= 15 is 0 Å². The molecule has 0 saturated carbocycles. The van der Waals surface area contributed by atoms with Crippen LogP contribution in [0.4, 0.5) is 4.39 Å². The number of nitrogens with two attached hydrogens (primary N) is 1. The molecule has 0 bridgehead atoms. The van der Waals surface area contributed by atoms with Crippen LogP contribution in [0.5, 0.6) is 0 Å². The van der Waals surface area contributed by atoms with Gasteiger partial charge in [0.15, 0.2) is 0 Å². The van der Waals surface area contributed by atoms with Crippen LogP contribution in [0.15, 0.2) is 29.2 Å². The molecule has 0 heterocycles. The molecular weight excluding hydrogens is 251 g/mol. The van der Waals surface area contributed by atoms with E-state index in [-0.39, 0.29) is 11.1 Å². The molecule has 18 heavy (non-hydrogen) atoms. The first-order chi connectivity index (χ1) is 8.39. The van der Waals surface area contributed by atoms with Gasteiger partial charge >= 0.3 is 0 Å². The normalized spacial score (nSPS) is 16.0. The fourth-order valence-corrected chi connectivity index (χ4v) is 2.89. The number of hydrogen-bond donors (Lipinski definition) is 2. The van der Waals surface area contributed by atoms with E-state index < -0.39 is 11.4 Å². The Morgan fingerprint density at radius 3 is 2.67 bits per heavy atom. The summed E-state index contributed by atoms with van der Waals surface area (Å²) in [4.78, 5) is 12.0. The van der Waals surface area contributed by atoms with Crippen LogP contribution in [0, 0.1) is 5.82 Å². The molecule has 1 amide bonds. The highest BCUT2D eigenvalue weighted by Crippen LogP contribution is 2.30. The average molecular weight is 270 g/mol. The Morgan fingerprint density at radius 2 is 2.17 bits per heavy atom. The molecule has 0 aliphatic carbocycles. The summed E-state index contributed by atoms with van der Waals surface area (Å²) >= 11 is 1.41. The van der Waals surface area contributed by atoms with E-state index in [2.05, 4.69) is 5.32 Å². The smallest absolute Gasteiger partial charge is 0.237 e. The fraction of sp³-hybridized carbons (Fsp3) is 0.462. The van der Waals surface area contributed by atoms with E-state index in [1.807, 2.05) is 6.92 Å². The van der Waals surface area contributed by atoms with Crippen molar-refractivity contribution < 1.29 is 9.18 Å². The number of thioether (sulfide) groups is 1. The van der Waals surface area contributed by atoms with Crippen molar-refractivity contribution in [3.05, 3.63) is 30.1 Å². The maximum Gasteiger partial charge on any atom is 0.237 e. The van der Waals surface area contributed by atoms with Crippen molar-refractivity contribution in [1.82, 2.24) is 5.32 Å². The van der Waals surface area contributed by atoms with Crippen LogP contribution in [0.25, 0.3) is 0 Å². The summed E-state index contributed by atoms with van der Waals surface area (Å²) in [5.74, 6) is -0.634. The number of benzene rings is 1. The van der Waals surface area contributed by atoms with Crippen molar-refractivity contribution in [2.24, 2.45) is 5.73 Å². The van der Waals surface area contributed by atoms with Crippen molar-refractivity contribution >= 4 is 17.7 Å². The zero-order valence-corrected chi connectivity index (χ0v) is 11.7. The SMILES string of the molecule is CNC(C)(CC(C)Sc1ccccc1F)C(N)=O. The molecule has 2 atom stereocenters. The lowest BCUT2D eigenvalue weighted by Crippen LogP contribution is -2.52. The lowest BCUT2D eigenvalue weighted by molar-refractivity contribution is -0.123. The molecule has 0 aliphatic rings. The van der Waals surface area contributed by atoms with Crippen molar-refractivity contribution in [2.45, 2.75) is 36.0 Å². The van der Waals surface area contributed by atoms with Gasteiger partial charge in [-0.05, 0) is 32.5 Å². The van der Waals surface area contributed by atoms with E-state index in [0.29, 0.717) is 11.3 Å². The number of hydrogen-bond acceptors (Lipinski definition) is 3. The van der Waals surface area contributed by atoms with Crippen molar-refractivity contribution in [3.8, 4) is 0 Å². The molecule has 0 radical (unpaired) electrons. The number of primary amides is 1. The first-order valence-corrected chi connectivity index (χ1v) is 6.67. The molecule has 2 unspecified atom stereocenters. The topological polar surface area (TPSA) is 55.1 Å². The van der Waals surface area contributed by atoms with Gasteiger partial charge in [0.2, 0.25) is 5.91 Å². The van der Waals surface area contributed by atoms with Crippen LogP contribution in [0.2, 0.25) is 0 Å². The van der Waals surface area contributed by atoms with E-state index in [0.717, 1.165) is 0 Å². The van der Waals surface area contributed by atoms with Gasteiger partial charge in [0.25, 0.3) is 0 Å². The zero-order chi connectivity index (χ0) is 13.8. The monoisotopic (exact) mass is 270 g/mol. The van der Waals surface area contributed by atoms with Gasteiger partial charge in [-0.25, -0.2) is 4.39 Å². The minimum absolute atomic E-state index is 0.0758. The Labute approximate surface area is 111 Å². The van der Waals surface area contributed by atoms with E-state index in [1.165, 1.54) is 17.8 Å². The quantitative estimate of drug-likeness (QED) is 0.779. The van der Waals surface area contributed by atoms with Crippen LogP contribution in [0.3, 0.4) is 0 Å². The first-order valence-electron chi connectivity index (χ1n) is 5.79. The fourth-order valence-electron chi connectivity index (χ4n) is 1.70. The van der Waals surface area contributed by atoms with Crippen LogP contribution < -0.4 is 11.1 Å². The Kier molecular flexibility index (Phi) is 5.16. The average Bonchev–Trinajstić information content (AvgIpc) is 2.31. The highest BCUT2D eigenvalue weighted by atomic mass is 32.2. The maximum atomic E-state index is 13.5. The maximum absolute atomic E-state index is 13.5. The number of carbonyl (C=O) groups excluding carboxylic acids is 1. The van der Waals surface area contributed by atoms with Gasteiger partial charge in [0.05, 0.1) is 5.54 Å². The molecule has 0 saturated heterocycles. The Hall–Kier alpha value is -1.07. The minimum atomic E-state index is -0.766. The third-order valence-electron chi connectivity index (χ3n) is 2.96. The van der Waals surface area contributed by atoms with Crippen molar-refractivity contribution in [1.29, 1.82) is 0 Å². The Morgan fingerprint density at radius 1 is 1.56 bits per heavy atom. The molecule has 5 heteroatoms. The van der Waals surface area contributed by atoms with Gasteiger partial charge < -0.3 is 11.1 Å². The largest absolute Gasteiger partial charge is 0.368 e. The van der Waals surface area contributed by atoms with Gasteiger partial charge in [-0.1, -0.05) is 19.1 Å².